The van der Waals surface area contributed by atoms with Gasteiger partial charge in [0.25, 0.3) is 0 Å². The van der Waals surface area contributed by atoms with Crippen LogP contribution in [0.3, 0.4) is 0 Å². The molecule has 0 spiro atoms. The predicted octanol–water partition coefficient (Wildman–Crippen LogP) is 2.52. The average Bonchev–Trinajstić information content (AvgIpc) is 2.72. The Labute approximate surface area is 109 Å². The molecule has 0 bridgehead atoms. The van der Waals surface area contributed by atoms with E-state index in [1.165, 1.54) is 12.1 Å². The Balaban J connectivity index is 2.30. The third-order valence-electron chi connectivity index (χ3n) is 2.00. The molecule has 1 aromatic carbocycles. The van der Waals surface area contributed by atoms with Gasteiger partial charge in [-0.05, 0) is 12.1 Å². The molecule has 0 atom stereocenters. The van der Waals surface area contributed by atoms with Crippen LogP contribution in [-0.2, 0) is 6.18 Å². The number of alkyl halides is 3. The van der Waals surface area contributed by atoms with Crippen molar-refractivity contribution in [1.82, 2.24) is 14.5 Å². The zero-order chi connectivity index (χ0) is 14.0. The second kappa shape index (κ2) is 4.88. The van der Waals surface area contributed by atoms with Crippen molar-refractivity contribution in [1.29, 1.82) is 0 Å². The minimum Gasteiger partial charge on any atom is -0.422 e. The van der Waals surface area contributed by atoms with Crippen LogP contribution in [-0.4, -0.2) is 20.5 Å². The first-order valence-corrected chi connectivity index (χ1v) is 5.19. The van der Waals surface area contributed by atoms with E-state index in [2.05, 4.69) is 10.2 Å². The van der Waals surface area contributed by atoms with Crippen LogP contribution in [0.25, 0.3) is 0 Å². The van der Waals surface area contributed by atoms with Crippen LogP contribution in [0.1, 0.15) is 16.2 Å². The van der Waals surface area contributed by atoms with Gasteiger partial charge in [0, 0.05) is 0 Å². The molecule has 0 aliphatic carbocycles. The lowest BCUT2D eigenvalue weighted by Crippen LogP contribution is -2.17. The highest BCUT2D eigenvalue weighted by molar-refractivity contribution is 6.14. The topological polar surface area (TPSA) is 57.0 Å². The summed E-state index contributed by atoms with van der Waals surface area (Å²) in [6, 6.07) is 7.61. The lowest BCUT2D eigenvalue weighted by molar-refractivity contribution is -0.141. The van der Waals surface area contributed by atoms with Gasteiger partial charge in [-0.3, -0.25) is 0 Å². The second-order valence-corrected chi connectivity index (χ2v) is 3.64. The van der Waals surface area contributed by atoms with Gasteiger partial charge >= 0.3 is 12.1 Å². The van der Waals surface area contributed by atoms with Crippen LogP contribution in [0.4, 0.5) is 13.2 Å². The van der Waals surface area contributed by atoms with Crippen LogP contribution in [0.15, 0.2) is 30.3 Å². The van der Waals surface area contributed by atoms with E-state index in [4.69, 9.17) is 16.5 Å². The molecule has 0 saturated carbocycles. The molecule has 100 valence electrons. The SMILES string of the molecule is O=C(Oc1ccccc1)c1nn(Cl)nc1C(F)(F)F. The zero-order valence-electron chi connectivity index (χ0n) is 9.06. The van der Waals surface area contributed by atoms with Crippen LogP contribution in [0.5, 0.6) is 5.75 Å². The van der Waals surface area contributed by atoms with Crippen molar-refractivity contribution in [2.45, 2.75) is 6.18 Å². The maximum Gasteiger partial charge on any atom is 0.437 e. The Morgan fingerprint density at radius 2 is 1.84 bits per heavy atom. The largest absolute Gasteiger partial charge is 0.437 e. The minimum absolute atomic E-state index is 0.0877. The molecule has 0 N–H and O–H groups in total. The molecule has 2 aromatic rings. The number of aromatic nitrogens is 3. The zero-order valence-corrected chi connectivity index (χ0v) is 9.81. The normalized spacial score (nSPS) is 11.4. The number of ether oxygens (including phenoxy) is 1. The average molecular weight is 292 g/mol. The molecule has 19 heavy (non-hydrogen) atoms. The number of esters is 1. The van der Waals surface area contributed by atoms with E-state index in [0.717, 1.165) is 0 Å². The van der Waals surface area contributed by atoms with Gasteiger partial charge in [0.15, 0.2) is 0 Å². The molecule has 0 unspecified atom stereocenters. The second-order valence-electron chi connectivity index (χ2n) is 3.34. The number of halogens is 4. The lowest BCUT2D eigenvalue weighted by Gasteiger charge is -2.04. The first kappa shape index (κ1) is 13.3. The van der Waals surface area contributed by atoms with Crippen molar-refractivity contribution in [3.63, 3.8) is 0 Å². The van der Waals surface area contributed by atoms with E-state index in [9.17, 15) is 18.0 Å². The fourth-order valence-electron chi connectivity index (χ4n) is 1.25. The first-order chi connectivity index (χ1) is 8.88. The number of benzene rings is 1. The molecule has 0 fully saturated rings. The van der Waals surface area contributed by atoms with Crippen LogP contribution < -0.4 is 4.74 Å². The smallest absolute Gasteiger partial charge is 0.422 e. The van der Waals surface area contributed by atoms with Gasteiger partial charge in [-0.2, -0.15) is 13.2 Å². The van der Waals surface area contributed by atoms with Crippen molar-refractivity contribution in [2.75, 3.05) is 0 Å². The van der Waals surface area contributed by atoms with E-state index >= 15 is 0 Å². The van der Waals surface area contributed by atoms with Crippen LogP contribution >= 0.6 is 11.8 Å². The lowest BCUT2D eigenvalue weighted by atomic mass is 10.3. The van der Waals surface area contributed by atoms with Crippen molar-refractivity contribution >= 4 is 17.7 Å². The molecule has 1 aromatic heterocycles. The maximum atomic E-state index is 12.6. The summed E-state index contributed by atoms with van der Waals surface area (Å²) in [5.41, 5.74) is -2.49. The van der Waals surface area contributed by atoms with Gasteiger partial charge in [-0.1, -0.05) is 22.5 Å². The summed E-state index contributed by atoms with van der Waals surface area (Å²) in [6.45, 7) is 0. The number of carbonyl (C=O) groups excluding carboxylic acids is 1. The van der Waals surface area contributed by atoms with Crippen molar-refractivity contribution in [3.8, 4) is 5.75 Å². The highest BCUT2D eigenvalue weighted by atomic mass is 35.5. The molecule has 9 heteroatoms. The van der Waals surface area contributed by atoms with Crippen molar-refractivity contribution in [2.24, 2.45) is 0 Å². The fourth-order valence-corrected chi connectivity index (χ4v) is 1.41. The van der Waals surface area contributed by atoms with Crippen molar-refractivity contribution < 1.29 is 22.7 Å². The molecule has 1 heterocycles. The summed E-state index contributed by atoms with van der Waals surface area (Å²) in [4.78, 5) is 11.6. The van der Waals surface area contributed by atoms with Crippen molar-refractivity contribution in [3.05, 3.63) is 41.7 Å². The third kappa shape index (κ3) is 3.02. The van der Waals surface area contributed by atoms with Crippen LogP contribution in [0.2, 0.25) is 0 Å². The Hall–Kier alpha value is -2.09. The van der Waals surface area contributed by atoms with Gasteiger partial charge in [-0.15, -0.1) is 10.2 Å². The standard InChI is InChI=1S/C10H5ClF3N3O2/c11-17-15-7(8(16-17)10(12,13)14)9(18)19-6-4-2-1-3-5-6/h1-5H. The Morgan fingerprint density at radius 1 is 1.21 bits per heavy atom. The minimum atomic E-state index is -4.85. The van der Waals surface area contributed by atoms with Gasteiger partial charge in [-0.25, -0.2) is 4.79 Å². The molecular weight excluding hydrogens is 287 g/mol. The van der Waals surface area contributed by atoms with E-state index in [1.54, 1.807) is 18.2 Å². The molecule has 0 radical (unpaired) electrons. The summed E-state index contributed by atoms with van der Waals surface area (Å²) in [7, 11) is 0. The molecule has 0 amide bonds. The molecule has 0 aliphatic heterocycles. The van der Waals surface area contributed by atoms with Gasteiger partial charge in [0.2, 0.25) is 11.4 Å². The molecule has 0 aliphatic rings. The Bertz CT molecular complexity index is 598. The maximum absolute atomic E-state index is 12.6. The number of hydrogen-bond donors (Lipinski definition) is 0. The van der Waals surface area contributed by atoms with E-state index < -0.39 is 23.5 Å². The van der Waals surface area contributed by atoms with Gasteiger partial charge in [0.05, 0.1) is 11.8 Å². The number of nitrogens with zero attached hydrogens (tertiary/aromatic N) is 3. The summed E-state index contributed by atoms with van der Waals surface area (Å²) < 4.78 is 42.6. The summed E-state index contributed by atoms with van der Waals surface area (Å²) in [5.74, 6) is -1.20. The number of hydrogen-bond acceptors (Lipinski definition) is 4. The number of para-hydroxylation sites is 1. The fraction of sp³-hybridized carbons (Fsp3) is 0.100. The summed E-state index contributed by atoms with van der Waals surface area (Å²) in [6.07, 6.45) is -4.85. The predicted molar refractivity (Wildman–Crippen MR) is 57.7 cm³/mol. The van der Waals surface area contributed by atoms with E-state index in [-0.39, 0.29) is 10.1 Å². The van der Waals surface area contributed by atoms with E-state index in [0.29, 0.717) is 0 Å². The van der Waals surface area contributed by atoms with Crippen LogP contribution in [0, 0.1) is 0 Å². The number of rotatable bonds is 2. The van der Waals surface area contributed by atoms with Gasteiger partial charge < -0.3 is 4.74 Å². The Morgan fingerprint density at radius 3 is 2.42 bits per heavy atom. The number of carbonyl (C=O) groups is 1. The molecular formula is C10H5ClF3N3O2. The third-order valence-corrected chi connectivity index (χ3v) is 2.16. The molecule has 2 rings (SSSR count). The summed E-state index contributed by atoms with van der Waals surface area (Å²) in [5, 5.41) is 6.04. The van der Waals surface area contributed by atoms with E-state index in [1.807, 2.05) is 0 Å². The van der Waals surface area contributed by atoms with Gasteiger partial charge in [0.1, 0.15) is 5.75 Å². The quantitative estimate of drug-likeness (QED) is 0.630. The monoisotopic (exact) mass is 291 g/mol. The highest BCUT2D eigenvalue weighted by Gasteiger charge is 2.41. The molecule has 5 nitrogen and oxygen atoms in total. The first-order valence-electron chi connectivity index (χ1n) is 4.86. The highest BCUT2D eigenvalue weighted by Crippen LogP contribution is 2.30. The molecule has 0 saturated heterocycles. The Kier molecular flexibility index (Phi) is 3.43. The summed E-state index contributed by atoms with van der Waals surface area (Å²) >= 11 is 5.21.